The van der Waals surface area contributed by atoms with Crippen LogP contribution in [-0.2, 0) is 43.7 Å². The van der Waals surface area contributed by atoms with Gasteiger partial charge in [0.25, 0.3) is 0 Å². The molecule has 0 radical (unpaired) electrons. The highest BCUT2D eigenvalue weighted by Crippen LogP contribution is 2.57. The first-order valence-electron chi connectivity index (χ1n) is 18.0. The number of amides is 1. The topological polar surface area (TPSA) is 92.8 Å². The highest BCUT2D eigenvalue weighted by molar-refractivity contribution is 6.77. The van der Waals surface area contributed by atoms with Gasteiger partial charge in [-0.1, -0.05) is 113 Å². The van der Waals surface area contributed by atoms with Crippen molar-refractivity contribution in [3.63, 3.8) is 0 Å². The minimum Gasteiger partial charge on any atom is -0.438 e. The fourth-order valence-corrected chi connectivity index (χ4v) is 18.2. The number of nitrogens with zero attached hydrogens (tertiary/aromatic N) is 1. The fraction of sp³-hybridized carbons (Fsp3) is 0.784. The lowest BCUT2D eigenvalue weighted by molar-refractivity contribution is -0.221. The van der Waals surface area contributed by atoms with Crippen LogP contribution in [0.15, 0.2) is 30.3 Å². The second-order valence-electron chi connectivity index (χ2n) is 15.8. The second kappa shape index (κ2) is 16.2. The van der Waals surface area contributed by atoms with E-state index in [0.29, 0.717) is 36.3 Å². The van der Waals surface area contributed by atoms with Gasteiger partial charge in [-0.05, 0) is 45.6 Å². The van der Waals surface area contributed by atoms with E-state index in [9.17, 15) is 9.59 Å². The Kier molecular flexibility index (Phi) is 13.7. The minimum absolute atomic E-state index is 0.0269. The molecule has 2 fully saturated rings. The van der Waals surface area contributed by atoms with Crippen LogP contribution in [0.5, 0.6) is 0 Å². The Hall–Kier alpha value is -1.61. The number of likely N-dealkylation sites (N-methyl/N-ethyl adjacent to an activating group) is 1. The van der Waals surface area contributed by atoms with E-state index in [1.165, 1.54) is 4.90 Å². The van der Waals surface area contributed by atoms with Crippen molar-refractivity contribution in [3.8, 4) is 0 Å². The zero-order valence-corrected chi connectivity index (χ0v) is 34.3. The Balaban J connectivity index is 2.05. The predicted octanol–water partition coefficient (Wildman–Crippen LogP) is 7.83. The molecule has 0 spiro atoms. The van der Waals surface area contributed by atoms with Gasteiger partial charge in [0.1, 0.15) is 5.60 Å². The largest absolute Gasteiger partial charge is 0.438 e. The maximum absolute atomic E-state index is 14.8. The molecule has 0 N–H and O–H groups in total. The molecule has 1 aromatic carbocycles. The van der Waals surface area contributed by atoms with Gasteiger partial charge >= 0.3 is 14.5 Å². The van der Waals surface area contributed by atoms with E-state index in [-0.39, 0.29) is 36.3 Å². The molecular formula is C37H65NO8Si2. The van der Waals surface area contributed by atoms with Crippen LogP contribution in [0.1, 0.15) is 95.1 Å². The molecule has 0 saturated carbocycles. The molecule has 48 heavy (non-hydrogen) atoms. The van der Waals surface area contributed by atoms with E-state index in [0.717, 1.165) is 5.56 Å². The molecule has 2 aliphatic heterocycles. The summed E-state index contributed by atoms with van der Waals surface area (Å²) < 4.78 is 39.5. The molecule has 5 atom stereocenters. The van der Waals surface area contributed by atoms with Crippen LogP contribution in [0.4, 0.5) is 0 Å². The van der Waals surface area contributed by atoms with Gasteiger partial charge in [0.15, 0.2) is 12.3 Å². The molecule has 0 aliphatic carbocycles. The van der Waals surface area contributed by atoms with Crippen LogP contribution in [0.3, 0.4) is 0 Å². The second-order valence-corrected chi connectivity index (χ2v) is 25.5. The summed E-state index contributed by atoms with van der Waals surface area (Å²) in [4.78, 5) is 30.5. The Labute approximate surface area is 293 Å². The number of methoxy groups -OCH3 is 1. The van der Waals surface area contributed by atoms with Crippen molar-refractivity contribution in [1.82, 2.24) is 4.90 Å². The molecule has 0 bridgehead atoms. The molecule has 0 aromatic heterocycles. The lowest BCUT2D eigenvalue weighted by atomic mass is 9.70. The number of ether oxygens (including phenoxy) is 3. The van der Waals surface area contributed by atoms with Gasteiger partial charge in [0, 0.05) is 20.8 Å². The van der Waals surface area contributed by atoms with Gasteiger partial charge in [0.05, 0.1) is 25.2 Å². The smallest absolute Gasteiger partial charge is 0.344 e. The van der Waals surface area contributed by atoms with E-state index in [2.05, 4.69) is 76.2 Å². The van der Waals surface area contributed by atoms with Gasteiger partial charge in [-0.3, -0.25) is 4.79 Å². The highest BCUT2D eigenvalue weighted by atomic mass is 28.4. The van der Waals surface area contributed by atoms with Crippen LogP contribution < -0.4 is 0 Å². The summed E-state index contributed by atoms with van der Waals surface area (Å²) in [6.45, 7) is 26.4. The summed E-state index contributed by atoms with van der Waals surface area (Å²) >= 11 is 0. The number of likely N-dealkylation sites (tertiary alicyclic amines) is 1. The summed E-state index contributed by atoms with van der Waals surface area (Å²) in [5.41, 5.74) is -0.772. The normalized spacial score (nSPS) is 25.8. The Morgan fingerprint density at radius 2 is 1.54 bits per heavy atom. The third kappa shape index (κ3) is 6.99. The summed E-state index contributed by atoms with van der Waals surface area (Å²) in [7, 11) is -2.04. The fourth-order valence-electron chi connectivity index (χ4n) is 9.01. The lowest BCUT2D eigenvalue weighted by Gasteiger charge is -2.59. The van der Waals surface area contributed by atoms with Gasteiger partial charge in [-0.15, -0.1) is 0 Å². The molecule has 3 rings (SSSR count). The van der Waals surface area contributed by atoms with Crippen LogP contribution >= 0.6 is 0 Å². The summed E-state index contributed by atoms with van der Waals surface area (Å²) in [6, 6.07) is 10.1. The van der Waals surface area contributed by atoms with Crippen molar-refractivity contribution in [1.29, 1.82) is 0 Å². The predicted molar refractivity (Wildman–Crippen MR) is 194 cm³/mol. The number of fused-ring (bicyclic) bond motifs is 1. The molecule has 1 aromatic rings. The van der Waals surface area contributed by atoms with Crippen LogP contribution in [0, 0.1) is 11.8 Å². The summed E-state index contributed by atoms with van der Waals surface area (Å²) in [5.74, 6) is -1.43. The van der Waals surface area contributed by atoms with Gasteiger partial charge in [-0.25, -0.2) is 4.79 Å². The van der Waals surface area contributed by atoms with Crippen LogP contribution in [0.2, 0.25) is 27.7 Å². The first kappa shape index (κ1) is 40.8. The molecule has 2 aliphatic rings. The lowest BCUT2D eigenvalue weighted by Crippen LogP contribution is -2.79. The maximum Gasteiger partial charge on any atom is 0.344 e. The van der Waals surface area contributed by atoms with Crippen molar-refractivity contribution < 1.29 is 37.1 Å². The molecule has 274 valence electrons. The van der Waals surface area contributed by atoms with E-state index in [1.807, 2.05) is 37.3 Å². The molecule has 9 nitrogen and oxygen atoms in total. The van der Waals surface area contributed by atoms with E-state index < -0.39 is 46.0 Å². The zero-order chi connectivity index (χ0) is 36.2. The molecule has 2 saturated heterocycles. The van der Waals surface area contributed by atoms with Crippen molar-refractivity contribution in [3.05, 3.63) is 35.9 Å². The molecule has 11 heteroatoms. The molecular weight excluding hydrogens is 643 g/mol. The average molecular weight is 708 g/mol. The Morgan fingerprint density at radius 1 is 0.979 bits per heavy atom. The van der Waals surface area contributed by atoms with Crippen molar-refractivity contribution in [2.75, 3.05) is 34.2 Å². The number of hydrogen-bond donors (Lipinski definition) is 0. The van der Waals surface area contributed by atoms with Crippen molar-refractivity contribution in [2.45, 2.75) is 141 Å². The van der Waals surface area contributed by atoms with E-state index in [4.69, 9.17) is 27.5 Å². The molecule has 0 unspecified atom stereocenters. The maximum atomic E-state index is 14.8. The van der Waals surface area contributed by atoms with Crippen molar-refractivity contribution in [2.24, 2.45) is 11.8 Å². The van der Waals surface area contributed by atoms with Crippen molar-refractivity contribution >= 4 is 28.8 Å². The minimum atomic E-state index is -3.02. The summed E-state index contributed by atoms with van der Waals surface area (Å²) in [5, 5.41) is 0. The van der Waals surface area contributed by atoms with E-state index >= 15 is 0 Å². The zero-order valence-electron chi connectivity index (χ0n) is 32.3. The highest BCUT2D eigenvalue weighted by Gasteiger charge is 2.79. The third-order valence-corrected chi connectivity index (χ3v) is 21.9. The quantitative estimate of drug-likeness (QED) is 0.0920. The van der Waals surface area contributed by atoms with Crippen LogP contribution in [-0.4, -0.2) is 85.1 Å². The summed E-state index contributed by atoms with van der Waals surface area (Å²) in [6.07, 6.45) is -0.124. The number of carbonyl (C=O) groups excluding carboxylic acids is 2. The standard InChI is InChI=1S/C37H65NO8Si2/c1-25(2)47(26(3)4,27(5)6)45-24-43-35(40)36-23-44-48(28(7)8,29(9)10)46-37(36,31(12)34(39)38(36)13)33(41-14)20-30(11)21-42-22-32-18-16-15-17-19-32/h15-19,25-31,33H,20-24H2,1-14H3/t30-,31+,33+,36-,37-/m1/s1. The Morgan fingerprint density at radius 3 is 2.04 bits per heavy atom. The number of esters is 1. The number of benzene rings is 1. The Bertz CT molecular complexity index is 1180. The first-order chi connectivity index (χ1) is 22.4. The van der Waals surface area contributed by atoms with Crippen LogP contribution in [0.25, 0.3) is 0 Å². The third-order valence-electron chi connectivity index (χ3n) is 11.4. The molecule has 1 amide bonds. The van der Waals surface area contributed by atoms with E-state index in [1.54, 1.807) is 14.2 Å². The number of rotatable bonds is 17. The first-order valence-corrected chi connectivity index (χ1v) is 22.1. The van der Waals surface area contributed by atoms with Gasteiger partial charge in [0.2, 0.25) is 14.2 Å². The van der Waals surface area contributed by atoms with Gasteiger partial charge in [-0.2, -0.15) is 0 Å². The monoisotopic (exact) mass is 707 g/mol. The SMILES string of the molecule is CO[C@@H](C[C@@H](C)COCc1ccccc1)[C@@]12O[Si](C(C)C)(C(C)C)OC[C@]1(C(=O)OCO[Si](C(C)C)(C(C)C)C(C)C)N(C)C(=O)[C@@H]2C. The molecule has 2 heterocycles. The number of carbonyl (C=O) groups is 2. The average Bonchev–Trinajstić information content (AvgIpc) is 3.20. The number of hydrogen-bond acceptors (Lipinski definition) is 8. The van der Waals surface area contributed by atoms with Gasteiger partial charge < -0.3 is 32.4 Å².